The highest BCUT2D eigenvalue weighted by Gasteiger charge is 2.21. The van der Waals surface area contributed by atoms with E-state index in [1.54, 1.807) is 11.3 Å². The average Bonchev–Trinajstić information content (AvgIpc) is 2.55. The Labute approximate surface area is 81.4 Å². The monoisotopic (exact) mass is 193 g/mol. The zero-order valence-electron chi connectivity index (χ0n) is 7.16. The first-order valence-electron chi connectivity index (χ1n) is 4.30. The number of hydrogen-bond acceptors (Lipinski definition) is 4. The zero-order valence-corrected chi connectivity index (χ0v) is 7.97. The maximum Gasteiger partial charge on any atom is 0.130 e. The van der Waals surface area contributed by atoms with Gasteiger partial charge in [0.1, 0.15) is 6.04 Å². The number of rotatable bonds is 3. The molecule has 1 atom stereocenters. The summed E-state index contributed by atoms with van der Waals surface area (Å²) in [6, 6.07) is 6.58. The minimum Gasteiger partial charge on any atom is -0.314 e. The molecule has 0 aromatic carbocycles. The zero-order chi connectivity index (χ0) is 9.10. The Hall–Kier alpha value is -0.890. The number of nitrogens with zero attached hydrogens (tertiary/aromatic N) is 1. The van der Waals surface area contributed by atoms with Crippen LogP contribution < -0.4 is 10.6 Å². The largest absolute Gasteiger partial charge is 0.314 e. The standard InChI is InChI=1S/C9H11N3S/c10-4-8(9-2-1-3-13-9)12-7-5-11-6-7/h1-3,7-8,11-12H,5-6H2. The van der Waals surface area contributed by atoms with Gasteiger partial charge in [-0.1, -0.05) is 6.07 Å². The molecule has 1 aromatic rings. The van der Waals surface area contributed by atoms with E-state index in [9.17, 15) is 0 Å². The van der Waals surface area contributed by atoms with Crippen LogP contribution >= 0.6 is 11.3 Å². The van der Waals surface area contributed by atoms with E-state index in [0.717, 1.165) is 18.0 Å². The first kappa shape index (κ1) is 8.70. The molecule has 1 aromatic heterocycles. The Bertz CT molecular complexity index is 297. The van der Waals surface area contributed by atoms with Crippen LogP contribution in [0, 0.1) is 11.3 Å². The molecule has 0 saturated carbocycles. The minimum atomic E-state index is -0.132. The lowest BCUT2D eigenvalue weighted by Gasteiger charge is -2.29. The van der Waals surface area contributed by atoms with Crippen molar-refractivity contribution in [3.63, 3.8) is 0 Å². The SMILES string of the molecule is N#CC(NC1CNC1)c1cccs1. The van der Waals surface area contributed by atoms with E-state index >= 15 is 0 Å². The summed E-state index contributed by atoms with van der Waals surface area (Å²) in [4.78, 5) is 1.11. The van der Waals surface area contributed by atoms with Crippen molar-refractivity contribution in [2.24, 2.45) is 0 Å². The molecule has 0 spiro atoms. The molecular formula is C9H11N3S. The van der Waals surface area contributed by atoms with Crippen molar-refractivity contribution in [3.8, 4) is 6.07 Å². The normalized spacial score (nSPS) is 19.0. The molecule has 0 bridgehead atoms. The van der Waals surface area contributed by atoms with E-state index in [-0.39, 0.29) is 6.04 Å². The van der Waals surface area contributed by atoms with Crippen molar-refractivity contribution in [1.29, 1.82) is 5.26 Å². The highest BCUT2D eigenvalue weighted by molar-refractivity contribution is 7.10. The summed E-state index contributed by atoms with van der Waals surface area (Å²) in [6.07, 6.45) is 0. The molecule has 4 heteroatoms. The molecule has 0 amide bonds. The summed E-state index contributed by atoms with van der Waals surface area (Å²) in [6.45, 7) is 1.95. The summed E-state index contributed by atoms with van der Waals surface area (Å²) in [5.41, 5.74) is 0. The van der Waals surface area contributed by atoms with Crippen LogP contribution in [0.3, 0.4) is 0 Å². The van der Waals surface area contributed by atoms with E-state index in [2.05, 4.69) is 16.7 Å². The summed E-state index contributed by atoms with van der Waals surface area (Å²) in [5, 5.41) is 17.4. The summed E-state index contributed by atoms with van der Waals surface area (Å²) in [5.74, 6) is 0. The first-order valence-corrected chi connectivity index (χ1v) is 5.18. The number of nitriles is 1. The predicted octanol–water partition coefficient (Wildman–Crippen LogP) is 0.874. The highest BCUT2D eigenvalue weighted by atomic mass is 32.1. The van der Waals surface area contributed by atoms with Gasteiger partial charge in [-0.15, -0.1) is 11.3 Å². The number of nitrogens with one attached hydrogen (secondary N) is 2. The molecule has 13 heavy (non-hydrogen) atoms. The lowest BCUT2D eigenvalue weighted by molar-refractivity contribution is 0.353. The fourth-order valence-corrected chi connectivity index (χ4v) is 2.01. The van der Waals surface area contributed by atoms with Gasteiger partial charge in [-0.3, -0.25) is 5.32 Å². The molecule has 0 radical (unpaired) electrons. The van der Waals surface area contributed by atoms with Crippen LogP contribution in [-0.4, -0.2) is 19.1 Å². The number of thiophene rings is 1. The maximum atomic E-state index is 8.94. The maximum absolute atomic E-state index is 8.94. The van der Waals surface area contributed by atoms with Gasteiger partial charge in [0.05, 0.1) is 6.07 Å². The van der Waals surface area contributed by atoms with Crippen molar-refractivity contribution in [2.45, 2.75) is 12.1 Å². The van der Waals surface area contributed by atoms with E-state index in [4.69, 9.17) is 5.26 Å². The van der Waals surface area contributed by atoms with Crippen LogP contribution in [0.15, 0.2) is 17.5 Å². The molecular weight excluding hydrogens is 182 g/mol. The second-order valence-electron chi connectivity index (χ2n) is 3.10. The lowest BCUT2D eigenvalue weighted by Crippen LogP contribution is -2.55. The third-order valence-electron chi connectivity index (χ3n) is 2.14. The summed E-state index contributed by atoms with van der Waals surface area (Å²) in [7, 11) is 0. The van der Waals surface area contributed by atoms with Gasteiger partial charge < -0.3 is 5.32 Å². The van der Waals surface area contributed by atoms with Gasteiger partial charge in [-0.25, -0.2) is 0 Å². The van der Waals surface area contributed by atoms with Gasteiger partial charge in [0.2, 0.25) is 0 Å². The lowest BCUT2D eigenvalue weighted by atomic mass is 10.1. The first-order chi connectivity index (χ1) is 6.40. The van der Waals surface area contributed by atoms with E-state index in [1.165, 1.54) is 0 Å². The van der Waals surface area contributed by atoms with E-state index in [1.807, 2.05) is 17.5 Å². The molecule has 2 rings (SSSR count). The molecule has 1 unspecified atom stereocenters. The molecule has 0 aliphatic carbocycles. The quantitative estimate of drug-likeness (QED) is 0.749. The van der Waals surface area contributed by atoms with Gasteiger partial charge in [0.15, 0.2) is 0 Å². The van der Waals surface area contributed by atoms with Gasteiger partial charge in [-0.2, -0.15) is 5.26 Å². The molecule has 68 valence electrons. The van der Waals surface area contributed by atoms with Crippen molar-refractivity contribution in [3.05, 3.63) is 22.4 Å². The molecule has 1 aliphatic heterocycles. The minimum absolute atomic E-state index is 0.132. The van der Waals surface area contributed by atoms with E-state index in [0.29, 0.717) is 6.04 Å². The van der Waals surface area contributed by atoms with Crippen LogP contribution in [0.1, 0.15) is 10.9 Å². The Morgan fingerprint density at radius 1 is 1.69 bits per heavy atom. The molecule has 3 nitrogen and oxygen atoms in total. The third kappa shape index (κ3) is 1.89. The topological polar surface area (TPSA) is 47.9 Å². The summed E-state index contributed by atoms with van der Waals surface area (Å²) < 4.78 is 0. The smallest absolute Gasteiger partial charge is 0.130 e. The average molecular weight is 193 g/mol. The Morgan fingerprint density at radius 2 is 2.54 bits per heavy atom. The van der Waals surface area contributed by atoms with Crippen LogP contribution in [0.5, 0.6) is 0 Å². The Morgan fingerprint density at radius 3 is 3.00 bits per heavy atom. The molecule has 2 heterocycles. The number of hydrogen-bond donors (Lipinski definition) is 2. The van der Waals surface area contributed by atoms with Crippen molar-refractivity contribution < 1.29 is 0 Å². The predicted molar refractivity (Wildman–Crippen MR) is 52.5 cm³/mol. The Balaban J connectivity index is 1.98. The van der Waals surface area contributed by atoms with Crippen molar-refractivity contribution in [2.75, 3.05) is 13.1 Å². The van der Waals surface area contributed by atoms with Crippen LogP contribution in [0.4, 0.5) is 0 Å². The molecule has 2 N–H and O–H groups in total. The molecule has 1 saturated heterocycles. The molecule has 1 fully saturated rings. The van der Waals surface area contributed by atoms with Crippen LogP contribution in [-0.2, 0) is 0 Å². The van der Waals surface area contributed by atoms with Gasteiger partial charge in [0.25, 0.3) is 0 Å². The van der Waals surface area contributed by atoms with Crippen molar-refractivity contribution >= 4 is 11.3 Å². The fourth-order valence-electron chi connectivity index (χ4n) is 1.28. The Kier molecular flexibility index (Phi) is 2.60. The van der Waals surface area contributed by atoms with Gasteiger partial charge >= 0.3 is 0 Å². The summed E-state index contributed by atoms with van der Waals surface area (Å²) >= 11 is 1.63. The third-order valence-corrected chi connectivity index (χ3v) is 3.08. The van der Waals surface area contributed by atoms with Gasteiger partial charge in [-0.05, 0) is 11.4 Å². The van der Waals surface area contributed by atoms with Crippen molar-refractivity contribution in [1.82, 2.24) is 10.6 Å². The van der Waals surface area contributed by atoms with Crippen LogP contribution in [0.2, 0.25) is 0 Å². The van der Waals surface area contributed by atoms with Gasteiger partial charge in [0, 0.05) is 24.0 Å². The highest BCUT2D eigenvalue weighted by Crippen LogP contribution is 2.18. The van der Waals surface area contributed by atoms with E-state index < -0.39 is 0 Å². The second kappa shape index (κ2) is 3.88. The second-order valence-corrected chi connectivity index (χ2v) is 4.08. The fraction of sp³-hybridized carbons (Fsp3) is 0.444. The van der Waals surface area contributed by atoms with Crippen LogP contribution in [0.25, 0.3) is 0 Å². The molecule has 1 aliphatic rings.